The molecule has 16 heavy (non-hydrogen) atoms. The van der Waals surface area contributed by atoms with Crippen molar-refractivity contribution in [1.29, 1.82) is 0 Å². The molecule has 0 aliphatic carbocycles. The van der Waals surface area contributed by atoms with E-state index in [0.29, 0.717) is 39.5 Å². The van der Waals surface area contributed by atoms with Gasteiger partial charge < -0.3 is 14.2 Å². The lowest BCUT2D eigenvalue weighted by Crippen LogP contribution is -2.07. The summed E-state index contributed by atoms with van der Waals surface area (Å²) in [5.74, 6) is -0.0428. The minimum atomic E-state index is -3.38. The lowest BCUT2D eigenvalue weighted by atomic mass is 10.5. The Labute approximate surface area is 101 Å². The van der Waals surface area contributed by atoms with Gasteiger partial charge in [-0.05, 0) is 12.8 Å². The molecule has 0 aromatic rings. The second-order valence-electron chi connectivity index (χ2n) is 3.17. The molecule has 0 aromatic carbocycles. The van der Waals surface area contributed by atoms with Crippen LogP contribution in [0.1, 0.15) is 12.8 Å². The number of hydrogen-bond donors (Lipinski definition) is 0. The normalized spacial score (nSPS) is 11.9. The Morgan fingerprint density at radius 3 is 2.06 bits per heavy atom. The van der Waals surface area contributed by atoms with Gasteiger partial charge in [-0.15, -0.1) is 0 Å². The zero-order valence-corrected chi connectivity index (χ0v) is 11.1. The van der Waals surface area contributed by atoms with Crippen LogP contribution in [0.4, 0.5) is 0 Å². The van der Waals surface area contributed by atoms with Gasteiger partial charge in [0.05, 0.1) is 19.0 Å². The third-order valence-corrected chi connectivity index (χ3v) is 2.93. The molecule has 0 saturated carbocycles. The molecule has 0 fully saturated rings. The lowest BCUT2D eigenvalue weighted by Gasteiger charge is -2.04. The molecule has 0 aromatic heterocycles. The zero-order valence-electron chi connectivity index (χ0n) is 9.48. The van der Waals surface area contributed by atoms with Crippen LogP contribution < -0.4 is 0 Å². The molecule has 98 valence electrons. The fourth-order valence-electron chi connectivity index (χ4n) is 0.943. The molecule has 0 bridgehead atoms. The Hall–Kier alpha value is 0.120. The number of methoxy groups -OCH3 is 1. The first kappa shape index (κ1) is 16.1. The van der Waals surface area contributed by atoms with Crippen LogP contribution in [-0.2, 0) is 23.3 Å². The van der Waals surface area contributed by atoms with Crippen LogP contribution in [0.3, 0.4) is 0 Å². The molecule has 7 heteroatoms. The monoisotopic (exact) mass is 274 g/mol. The van der Waals surface area contributed by atoms with E-state index in [0.717, 1.165) is 6.42 Å². The van der Waals surface area contributed by atoms with Gasteiger partial charge in [-0.25, -0.2) is 8.42 Å². The highest BCUT2D eigenvalue weighted by molar-refractivity contribution is 8.13. The maximum absolute atomic E-state index is 10.5. The van der Waals surface area contributed by atoms with Gasteiger partial charge in [-0.2, -0.15) is 0 Å². The van der Waals surface area contributed by atoms with E-state index in [1.54, 1.807) is 7.11 Å². The van der Waals surface area contributed by atoms with Crippen molar-refractivity contribution in [1.82, 2.24) is 0 Å². The topological polar surface area (TPSA) is 61.8 Å². The third kappa shape index (κ3) is 14.1. The van der Waals surface area contributed by atoms with Gasteiger partial charge in [-0.1, -0.05) is 0 Å². The Morgan fingerprint density at radius 1 is 0.938 bits per heavy atom. The first-order valence-electron chi connectivity index (χ1n) is 5.13. The van der Waals surface area contributed by atoms with E-state index in [1.165, 1.54) is 0 Å². The van der Waals surface area contributed by atoms with E-state index in [-0.39, 0.29) is 5.75 Å². The van der Waals surface area contributed by atoms with E-state index in [2.05, 4.69) is 0 Å². The van der Waals surface area contributed by atoms with Crippen molar-refractivity contribution < 1.29 is 22.6 Å². The molecule has 5 nitrogen and oxygen atoms in total. The molecule has 0 N–H and O–H groups in total. The van der Waals surface area contributed by atoms with Crippen LogP contribution in [0.25, 0.3) is 0 Å². The van der Waals surface area contributed by atoms with Gasteiger partial charge in [0.15, 0.2) is 0 Å². The average Bonchev–Trinajstić information content (AvgIpc) is 2.19. The summed E-state index contributed by atoms with van der Waals surface area (Å²) in [7, 11) is 3.27. The minimum absolute atomic E-state index is 0.0428. The van der Waals surface area contributed by atoms with Crippen LogP contribution in [0.2, 0.25) is 0 Å². The van der Waals surface area contributed by atoms with Crippen molar-refractivity contribution in [3.63, 3.8) is 0 Å². The molecule has 0 aliphatic rings. The van der Waals surface area contributed by atoms with Crippen molar-refractivity contribution in [3.05, 3.63) is 0 Å². The van der Waals surface area contributed by atoms with E-state index in [9.17, 15) is 8.42 Å². The number of hydrogen-bond acceptors (Lipinski definition) is 5. The summed E-state index contributed by atoms with van der Waals surface area (Å²) < 4.78 is 36.3. The van der Waals surface area contributed by atoms with Gasteiger partial charge >= 0.3 is 0 Å². The number of ether oxygens (including phenoxy) is 3. The van der Waals surface area contributed by atoms with Crippen molar-refractivity contribution in [2.75, 3.05) is 45.9 Å². The van der Waals surface area contributed by atoms with E-state index >= 15 is 0 Å². The molecular formula is C9H19ClO5S. The van der Waals surface area contributed by atoms with Crippen molar-refractivity contribution in [3.8, 4) is 0 Å². The Balaban J connectivity index is 3.05. The lowest BCUT2D eigenvalue weighted by molar-refractivity contribution is 0.0516. The van der Waals surface area contributed by atoms with Crippen molar-refractivity contribution in [2.24, 2.45) is 0 Å². The van der Waals surface area contributed by atoms with Crippen molar-refractivity contribution in [2.45, 2.75) is 12.8 Å². The molecule has 0 saturated heterocycles. The predicted octanol–water partition coefficient (Wildman–Crippen LogP) is 1.01. The number of rotatable bonds is 11. The summed E-state index contributed by atoms with van der Waals surface area (Å²) in [5, 5.41) is 0. The molecule has 0 aliphatic heterocycles. The van der Waals surface area contributed by atoms with Crippen LogP contribution in [0.15, 0.2) is 0 Å². The maximum Gasteiger partial charge on any atom is 0.232 e. The van der Waals surface area contributed by atoms with Crippen LogP contribution in [-0.4, -0.2) is 54.3 Å². The SMILES string of the molecule is COCCOCCCOCCCS(=O)(=O)Cl. The zero-order chi connectivity index (χ0) is 12.3. The molecule has 0 amide bonds. The second kappa shape index (κ2) is 10.3. The Morgan fingerprint density at radius 2 is 1.50 bits per heavy atom. The van der Waals surface area contributed by atoms with Gasteiger partial charge in [0.2, 0.25) is 9.05 Å². The van der Waals surface area contributed by atoms with Crippen LogP contribution in [0.5, 0.6) is 0 Å². The predicted molar refractivity (Wildman–Crippen MR) is 62.4 cm³/mol. The molecule has 0 radical (unpaired) electrons. The minimum Gasteiger partial charge on any atom is -0.382 e. The van der Waals surface area contributed by atoms with Crippen LogP contribution >= 0.6 is 10.7 Å². The molecule has 0 spiro atoms. The highest BCUT2D eigenvalue weighted by Gasteiger charge is 2.03. The van der Waals surface area contributed by atoms with Crippen molar-refractivity contribution >= 4 is 19.7 Å². The molecule has 0 heterocycles. The smallest absolute Gasteiger partial charge is 0.232 e. The summed E-state index contributed by atoms with van der Waals surface area (Å²) in [6, 6.07) is 0. The van der Waals surface area contributed by atoms with E-state index in [1.807, 2.05) is 0 Å². The standard InChI is InChI=1S/C9H19ClO5S/c1-13-7-8-15-5-2-4-14-6-3-9-16(10,11)12/h2-9H2,1H3. The maximum atomic E-state index is 10.5. The summed E-state index contributed by atoms with van der Waals surface area (Å²) in [4.78, 5) is 0. The molecule has 0 atom stereocenters. The number of halogens is 1. The molecule has 0 unspecified atom stereocenters. The van der Waals surface area contributed by atoms with Gasteiger partial charge in [0.1, 0.15) is 0 Å². The van der Waals surface area contributed by atoms with Gasteiger partial charge in [0.25, 0.3) is 0 Å². The van der Waals surface area contributed by atoms with E-state index in [4.69, 9.17) is 24.9 Å². The summed E-state index contributed by atoms with van der Waals surface area (Å²) in [6.07, 6.45) is 1.22. The van der Waals surface area contributed by atoms with Gasteiger partial charge in [-0.3, -0.25) is 0 Å². The third-order valence-electron chi connectivity index (χ3n) is 1.69. The Kier molecular flexibility index (Phi) is 10.4. The highest BCUT2D eigenvalue weighted by Crippen LogP contribution is 1.99. The molecule has 0 rings (SSSR count). The molecular weight excluding hydrogens is 256 g/mol. The first-order chi connectivity index (χ1) is 7.56. The fourth-order valence-corrected chi connectivity index (χ4v) is 1.73. The largest absolute Gasteiger partial charge is 0.382 e. The fraction of sp³-hybridized carbons (Fsp3) is 1.00. The second-order valence-corrected chi connectivity index (χ2v) is 6.06. The Bertz CT molecular complexity index is 242. The highest BCUT2D eigenvalue weighted by atomic mass is 35.7. The van der Waals surface area contributed by atoms with Gasteiger partial charge in [0, 0.05) is 37.6 Å². The van der Waals surface area contributed by atoms with Crippen LogP contribution in [0, 0.1) is 0 Å². The quantitative estimate of drug-likeness (QED) is 0.416. The summed E-state index contributed by atoms with van der Waals surface area (Å²) in [5.41, 5.74) is 0. The van der Waals surface area contributed by atoms with E-state index < -0.39 is 9.05 Å². The summed E-state index contributed by atoms with van der Waals surface area (Å²) >= 11 is 0. The summed E-state index contributed by atoms with van der Waals surface area (Å²) in [6.45, 7) is 2.77. The first-order valence-corrected chi connectivity index (χ1v) is 7.61. The average molecular weight is 275 g/mol.